The predicted octanol–water partition coefficient (Wildman–Crippen LogP) is 2.46. The molecule has 0 heterocycles. The molecule has 4 bridgehead atoms. The van der Waals surface area contributed by atoms with Gasteiger partial charge < -0.3 is 0 Å². The summed E-state index contributed by atoms with van der Waals surface area (Å²) in [5, 5.41) is 13.5. The Hall–Kier alpha value is -0.550. The zero-order chi connectivity index (χ0) is 10.8. The normalized spacial score (nSPS) is 53.9. The van der Waals surface area contributed by atoms with Crippen LogP contribution in [0.1, 0.15) is 44.9 Å². The van der Waals surface area contributed by atoms with Gasteiger partial charge in [-0.1, -0.05) is 0 Å². The van der Waals surface area contributed by atoms with E-state index in [2.05, 4.69) is 11.4 Å². The Morgan fingerprint density at radius 2 is 1.50 bits per heavy atom. The Morgan fingerprint density at radius 3 is 1.94 bits per heavy atom. The molecule has 0 atom stereocenters. The third-order valence-electron chi connectivity index (χ3n) is 5.63. The van der Waals surface area contributed by atoms with E-state index in [1.54, 1.807) is 0 Å². The fourth-order valence-corrected chi connectivity index (χ4v) is 4.94. The molecule has 5 saturated carbocycles. The lowest BCUT2D eigenvalue weighted by molar-refractivity contribution is -0.0473. The van der Waals surface area contributed by atoms with Gasteiger partial charge in [-0.25, -0.2) is 0 Å². The fraction of sp³-hybridized carbons (Fsp3) is 0.929. The molecule has 0 aliphatic heterocycles. The van der Waals surface area contributed by atoms with Crippen molar-refractivity contribution >= 4 is 0 Å². The Balaban J connectivity index is 1.68. The first-order chi connectivity index (χ1) is 7.80. The third-order valence-corrected chi connectivity index (χ3v) is 5.63. The standard InChI is InChI=1S/C14H20N2/c15-8-14(16-13-1-2-13)11-4-9-3-10(6-11)7-12(14)5-9/h9-13,16H,1-7H2. The Labute approximate surface area is 97.4 Å². The maximum atomic E-state index is 9.71. The molecule has 0 amide bonds. The minimum absolute atomic E-state index is 0.116. The van der Waals surface area contributed by atoms with Gasteiger partial charge >= 0.3 is 0 Å². The number of nitrogens with one attached hydrogen (secondary N) is 1. The average Bonchev–Trinajstić information content (AvgIpc) is 3.06. The SMILES string of the molecule is N#CC1(NC2CC2)C2CC3CC(C2)CC1C3. The van der Waals surface area contributed by atoms with Crippen molar-refractivity contribution in [2.45, 2.75) is 56.5 Å². The molecule has 5 aliphatic carbocycles. The molecule has 0 saturated heterocycles. The lowest BCUT2D eigenvalue weighted by Crippen LogP contribution is -2.64. The zero-order valence-corrected chi connectivity index (χ0v) is 9.78. The van der Waals surface area contributed by atoms with Crippen LogP contribution in [0.25, 0.3) is 0 Å². The van der Waals surface area contributed by atoms with E-state index in [0.29, 0.717) is 17.9 Å². The van der Waals surface area contributed by atoms with Crippen LogP contribution in [-0.4, -0.2) is 11.6 Å². The summed E-state index contributed by atoms with van der Waals surface area (Å²) in [5.41, 5.74) is -0.116. The summed E-state index contributed by atoms with van der Waals surface area (Å²) in [5.74, 6) is 3.28. The molecule has 0 aromatic heterocycles. The summed E-state index contributed by atoms with van der Waals surface area (Å²) in [6.45, 7) is 0. The summed E-state index contributed by atoms with van der Waals surface area (Å²) in [7, 11) is 0. The molecule has 5 fully saturated rings. The van der Waals surface area contributed by atoms with Crippen molar-refractivity contribution in [2.75, 3.05) is 0 Å². The van der Waals surface area contributed by atoms with E-state index in [-0.39, 0.29) is 5.54 Å². The molecule has 0 spiro atoms. The second-order valence-corrected chi connectivity index (χ2v) is 6.70. The van der Waals surface area contributed by atoms with E-state index < -0.39 is 0 Å². The van der Waals surface area contributed by atoms with E-state index in [1.165, 1.54) is 44.9 Å². The summed E-state index contributed by atoms with van der Waals surface area (Å²) in [4.78, 5) is 0. The summed E-state index contributed by atoms with van der Waals surface area (Å²) in [6, 6.07) is 3.40. The largest absolute Gasteiger partial charge is 0.296 e. The lowest BCUT2D eigenvalue weighted by atomic mass is 9.49. The molecule has 0 unspecified atom stereocenters. The van der Waals surface area contributed by atoms with Crippen LogP contribution in [0.3, 0.4) is 0 Å². The van der Waals surface area contributed by atoms with Gasteiger partial charge in [-0.2, -0.15) is 5.26 Å². The molecule has 16 heavy (non-hydrogen) atoms. The summed E-state index contributed by atoms with van der Waals surface area (Å²) in [6.07, 6.45) is 9.41. The van der Waals surface area contributed by atoms with E-state index in [9.17, 15) is 5.26 Å². The number of hydrogen-bond donors (Lipinski definition) is 1. The smallest absolute Gasteiger partial charge is 0.112 e. The van der Waals surface area contributed by atoms with Crippen molar-refractivity contribution in [2.24, 2.45) is 23.7 Å². The van der Waals surface area contributed by atoms with Crippen LogP contribution in [0, 0.1) is 35.0 Å². The van der Waals surface area contributed by atoms with Crippen LogP contribution in [0.2, 0.25) is 0 Å². The molecule has 86 valence electrons. The molecular formula is C14H20N2. The second-order valence-electron chi connectivity index (χ2n) is 6.70. The van der Waals surface area contributed by atoms with Gasteiger partial charge in [0.05, 0.1) is 6.07 Å². The van der Waals surface area contributed by atoms with E-state index >= 15 is 0 Å². The minimum Gasteiger partial charge on any atom is -0.296 e. The molecule has 5 aliphatic rings. The first-order valence-corrected chi connectivity index (χ1v) is 6.99. The van der Waals surface area contributed by atoms with E-state index in [4.69, 9.17) is 0 Å². The molecular weight excluding hydrogens is 196 g/mol. The highest BCUT2D eigenvalue weighted by Crippen LogP contribution is 2.58. The number of nitrogens with zero attached hydrogens (tertiary/aromatic N) is 1. The van der Waals surface area contributed by atoms with Gasteiger partial charge in [-0.15, -0.1) is 0 Å². The van der Waals surface area contributed by atoms with E-state index in [1.807, 2.05) is 0 Å². The number of nitriles is 1. The van der Waals surface area contributed by atoms with Gasteiger partial charge in [0.1, 0.15) is 5.54 Å². The van der Waals surface area contributed by atoms with Gasteiger partial charge in [0.15, 0.2) is 0 Å². The summed E-state index contributed by atoms with van der Waals surface area (Å²) < 4.78 is 0. The molecule has 2 nitrogen and oxygen atoms in total. The first kappa shape index (κ1) is 9.48. The van der Waals surface area contributed by atoms with E-state index in [0.717, 1.165) is 11.8 Å². The lowest BCUT2D eigenvalue weighted by Gasteiger charge is -2.58. The van der Waals surface area contributed by atoms with Crippen molar-refractivity contribution in [3.05, 3.63) is 0 Å². The predicted molar refractivity (Wildman–Crippen MR) is 61.5 cm³/mol. The number of rotatable bonds is 2. The molecule has 0 aromatic carbocycles. The Bertz CT molecular complexity index is 322. The van der Waals surface area contributed by atoms with Crippen molar-refractivity contribution in [3.8, 4) is 6.07 Å². The van der Waals surface area contributed by atoms with Crippen LogP contribution in [-0.2, 0) is 0 Å². The van der Waals surface area contributed by atoms with Gasteiger partial charge in [-0.3, -0.25) is 5.32 Å². The Morgan fingerprint density at radius 1 is 0.938 bits per heavy atom. The van der Waals surface area contributed by atoms with Crippen LogP contribution in [0.5, 0.6) is 0 Å². The van der Waals surface area contributed by atoms with Crippen molar-refractivity contribution < 1.29 is 0 Å². The molecule has 2 heteroatoms. The second kappa shape index (κ2) is 3.01. The van der Waals surface area contributed by atoms with Gasteiger partial charge in [0.25, 0.3) is 0 Å². The van der Waals surface area contributed by atoms with Gasteiger partial charge in [0, 0.05) is 6.04 Å². The van der Waals surface area contributed by atoms with Crippen molar-refractivity contribution in [1.29, 1.82) is 5.26 Å². The highest BCUT2D eigenvalue weighted by atomic mass is 15.1. The quantitative estimate of drug-likeness (QED) is 0.769. The highest BCUT2D eigenvalue weighted by molar-refractivity contribution is 5.22. The molecule has 0 aromatic rings. The van der Waals surface area contributed by atoms with Crippen LogP contribution in [0.4, 0.5) is 0 Å². The minimum atomic E-state index is -0.116. The highest BCUT2D eigenvalue weighted by Gasteiger charge is 2.58. The molecule has 5 rings (SSSR count). The average molecular weight is 216 g/mol. The van der Waals surface area contributed by atoms with Gasteiger partial charge in [0.2, 0.25) is 0 Å². The monoisotopic (exact) mass is 216 g/mol. The maximum Gasteiger partial charge on any atom is 0.112 e. The maximum absolute atomic E-state index is 9.71. The molecule has 0 radical (unpaired) electrons. The number of hydrogen-bond acceptors (Lipinski definition) is 2. The first-order valence-electron chi connectivity index (χ1n) is 6.99. The van der Waals surface area contributed by atoms with Crippen LogP contribution in [0.15, 0.2) is 0 Å². The fourth-order valence-electron chi connectivity index (χ4n) is 4.94. The topological polar surface area (TPSA) is 35.8 Å². The summed E-state index contributed by atoms with van der Waals surface area (Å²) >= 11 is 0. The zero-order valence-electron chi connectivity index (χ0n) is 9.78. The van der Waals surface area contributed by atoms with Crippen LogP contribution < -0.4 is 5.32 Å². The Kier molecular flexibility index (Phi) is 1.79. The van der Waals surface area contributed by atoms with Crippen LogP contribution >= 0.6 is 0 Å². The van der Waals surface area contributed by atoms with Gasteiger partial charge in [-0.05, 0) is 68.6 Å². The van der Waals surface area contributed by atoms with Crippen molar-refractivity contribution in [3.63, 3.8) is 0 Å². The third kappa shape index (κ3) is 1.16. The molecule has 1 N–H and O–H groups in total. The van der Waals surface area contributed by atoms with Crippen molar-refractivity contribution in [1.82, 2.24) is 5.32 Å².